The van der Waals surface area contributed by atoms with Gasteiger partial charge in [0, 0.05) is 23.6 Å². The van der Waals surface area contributed by atoms with E-state index in [-0.39, 0.29) is 16.8 Å². The predicted octanol–water partition coefficient (Wildman–Crippen LogP) is 4.38. The topological polar surface area (TPSA) is 98.2 Å². The van der Waals surface area contributed by atoms with Crippen LogP contribution in [0.4, 0.5) is 18.9 Å². The van der Waals surface area contributed by atoms with Gasteiger partial charge in [-0.15, -0.1) is 13.2 Å². The van der Waals surface area contributed by atoms with E-state index in [1.54, 1.807) is 18.2 Å². The molecule has 8 nitrogen and oxygen atoms in total. The zero-order chi connectivity index (χ0) is 25.4. The monoisotopic (exact) mass is 498 g/mol. The maximum Gasteiger partial charge on any atom is 0.573 e. The quantitative estimate of drug-likeness (QED) is 0.324. The van der Waals surface area contributed by atoms with Gasteiger partial charge in [0.05, 0.1) is 11.6 Å². The molecule has 2 aliphatic heterocycles. The number of carbonyl (C=O) groups excluding carboxylic acids is 2. The first-order valence-electron chi connectivity index (χ1n) is 10.7. The van der Waals surface area contributed by atoms with Gasteiger partial charge in [0.25, 0.3) is 11.7 Å². The van der Waals surface area contributed by atoms with Crippen LogP contribution in [0.2, 0.25) is 0 Å². The summed E-state index contributed by atoms with van der Waals surface area (Å²) in [6, 6.07) is 11.2. The maximum absolute atomic E-state index is 13.2. The molecule has 1 atom stereocenters. The lowest BCUT2D eigenvalue weighted by Gasteiger charge is -2.25. The van der Waals surface area contributed by atoms with E-state index in [2.05, 4.69) is 9.72 Å². The number of alkyl halides is 3. The van der Waals surface area contributed by atoms with Crippen LogP contribution in [0.15, 0.2) is 72.6 Å². The van der Waals surface area contributed by atoms with Gasteiger partial charge < -0.3 is 19.3 Å². The van der Waals surface area contributed by atoms with Crippen LogP contribution in [0.3, 0.4) is 0 Å². The molecule has 0 saturated carbocycles. The number of carbonyl (C=O) groups is 2. The summed E-state index contributed by atoms with van der Waals surface area (Å²) in [6.07, 6.45) is -1.97. The van der Waals surface area contributed by atoms with E-state index < -0.39 is 35.6 Å². The van der Waals surface area contributed by atoms with Gasteiger partial charge in [-0.3, -0.25) is 19.5 Å². The molecule has 1 amide bonds. The largest absolute Gasteiger partial charge is 0.573 e. The van der Waals surface area contributed by atoms with E-state index in [1.807, 2.05) is 0 Å². The van der Waals surface area contributed by atoms with Crippen LogP contribution in [0.25, 0.3) is 5.76 Å². The van der Waals surface area contributed by atoms with Gasteiger partial charge in [0.2, 0.25) is 0 Å². The number of hydrogen-bond donors (Lipinski definition) is 1. The second-order valence-electron chi connectivity index (χ2n) is 7.85. The lowest BCUT2D eigenvalue weighted by Crippen LogP contribution is -2.29. The number of fused-ring (bicyclic) bond motifs is 1. The van der Waals surface area contributed by atoms with Gasteiger partial charge >= 0.3 is 6.36 Å². The first kappa shape index (κ1) is 23.2. The lowest BCUT2D eigenvalue weighted by molar-refractivity contribution is -0.274. The first-order chi connectivity index (χ1) is 17.2. The average molecular weight is 498 g/mol. The Morgan fingerprint density at radius 3 is 2.31 bits per heavy atom. The zero-order valence-electron chi connectivity index (χ0n) is 18.4. The van der Waals surface area contributed by atoms with Crippen molar-refractivity contribution in [1.82, 2.24) is 4.98 Å². The molecule has 3 aromatic rings. The predicted molar refractivity (Wildman–Crippen MR) is 120 cm³/mol. The standard InChI is InChI=1S/C25H17F3N2O6/c26-25(27,28)36-17-4-2-16(3-5-17)30-21(14-7-9-29-10-8-14)20(23(32)24(30)33)22(31)15-1-6-18-19(13-15)35-12-11-34-18/h1-10,13,21,31H,11-12H2/b22-20-. The molecule has 1 unspecified atom stereocenters. The average Bonchev–Trinajstić information content (AvgIpc) is 3.13. The summed E-state index contributed by atoms with van der Waals surface area (Å²) in [5, 5.41) is 11.2. The minimum absolute atomic E-state index is 0.134. The normalized spacial score (nSPS) is 18.9. The van der Waals surface area contributed by atoms with Crippen molar-refractivity contribution in [3.8, 4) is 17.2 Å². The number of nitrogens with zero attached hydrogens (tertiary/aromatic N) is 2. The number of ketones is 1. The molecule has 36 heavy (non-hydrogen) atoms. The second kappa shape index (κ2) is 8.91. The summed E-state index contributed by atoms with van der Waals surface area (Å²) in [5.74, 6) is -1.99. The summed E-state index contributed by atoms with van der Waals surface area (Å²) >= 11 is 0. The fraction of sp³-hybridized carbons (Fsp3) is 0.160. The highest BCUT2D eigenvalue weighted by atomic mass is 19.4. The van der Waals surface area contributed by atoms with Crippen LogP contribution >= 0.6 is 0 Å². The SMILES string of the molecule is O=C1C(=O)N(c2ccc(OC(F)(F)F)cc2)C(c2ccncc2)/C1=C(/O)c1ccc2c(c1)OCCO2. The number of aromatic nitrogens is 1. The van der Waals surface area contributed by atoms with Gasteiger partial charge in [-0.2, -0.15) is 0 Å². The molecule has 5 rings (SSSR count). The number of amides is 1. The van der Waals surface area contributed by atoms with Crippen molar-refractivity contribution < 1.29 is 42.1 Å². The number of rotatable bonds is 4. The van der Waals surface area contributed by atoms with Gasteiger partial charge in [-0.1, -0.05) is 0 Å². The van der Waals surface area contributed by atoms with Gasteiger partial charge in [-0.25, -0.2) is 0 Å². The van der Waals surface area contributed by atoms with Crippen molar-refractivity contribution in [2.24, 2.45) is 0 Å². The minimum Gasteiger partial charge on any atom is -0.507 e. The van der Waals surface area contributed by atoms with E-state index in [9.17, 15) is 27.9 Å². The van der Waals surface area contributed by atoms with Crippen molar-refractivity contribution in [3.63, 3.8) is 0 Å². The maximum atomic E-state index is 13.2. The molecule has 1 aromatic heterocycles. The summed E-state index contributed by atoms with van der Waals surface area (Å²) in [7, 11) is 0. The van der Waals surface area contributed by atoms with Gasteiger partial charge in [0.15, 0.2) is 11.5 Å². The van der Waals surface area contributed by atoms with Crippen LogP contribution < -0.4 is 19.1 Å². The fourth-order valence-corrected chi connectivity index (χ4v) is 4.11. The van der Waals surface area contributed by atoms with Gasteiger partial charge in [0.1, 0.15) is 24.7 Å². The van der Waals surface area contributed by atoms with E-state index in [4.69, 9.17) is 9.47 Å². The molecular formula is C25H17F3N2O6. The Bertz CT molecular complexity index is 1360. The fourth-order valence-electron chi connectivity index (χ4n) is 4.11. The summed E-state index contributed by atoms with van der Waals surface area (Å²) in [4.78, 5) is 31.4. The third kappa shape index (κ3) is 4.30. The number of aliphatic hydroxyl groups excluding tert-OH is 1. The Hall–Kier alpha value is -4.54. The summed E-state index contributed by atoms with van der Waals surface area (Å²) in [6.45, 7) is 0.685. The van der Waals surface area contributed by atoms with Crippen LogP contribution in [0.1, 0.15) is 17.2 Å². The number of aliphatic hydroxyl groups is 1. The second-order valence-corrected chi connectivity index (χ2v) is 7.85. The molecule has 2 aromatic carbocycles. The molecular weight excluding hydrogens is 481 g/mol. The molecule has 0 spiro atoms. The summed E-state index contributed by atoms with van der Waals surface area (Å²) in [5.41, 5.74) is 0.622. The highest BCUT2D eigenvalue weighted by Gasteiger charge is 2.47. The number of pyridine rings is 1. The molecule has 0 radical (unpaired) electrons. The molecule has 0 bridgehead atoms. The molecule has 0 aliphatic carbocycles. The third-order valence-electron chi connectivity index (χ3n) is 5.63. The van der Waals surface area contributed by atoms with Crippen LogP contribution in [0, 0.1) is 0 Å². The van der Waals surface area contributed by atoms with E-state index in [0.717, 1.165) is 17.0 Å². The van der Waals surface area contributed by atoms with Crippen molar-refractivity contribution in [2.75, 3.05) is 18.1 Å². The smallest absolute Gasteiger partial charge is 0.507 e. The Kier molecular flexibility index (Phi) is 5.75. The third-order valence-corrected chi connectivity index (χ3v) is 5.63. The highest BCUT2D eigenvalue weighted by molar-refractivity contribution is 6.51. The Balaban J connectivity index is 1.61. The van der Waals surface area contributed by atoms with Crippen molar-refractivity contribution in [2.45, 2.75) is 12.4 Å². The molecule has 184 valence electrons. The van der Waals surface area contributed by atoms with Crippen LogP contribution in [-0.2, 0) is 9.59 Å². The van der Waals surface area contributed by atoms with Gasteiger partial charge in [-0.05, 0) is 60.2 Å². The highest BCUT2D eigenvalue weighted by Crippen LogP contribution is 2.43. The number of benzene rings is 2. The number of Topliss-reactive ketones (excluding diaryl/α,β-unsaturated/α-hetero) is 1. The van der Waals surface area contributed by atoms with Crippen LogP contribution in [-0.4, -0.2) is 41.4 Å². The van der Waals surface area contributed by atoms with E-state index in [1.165, 1.54) is 36.7 Å². The van der Waals surface area contributed by atoms with Crippen molar-refractivity contribution >= 4 is 23.1 Å². The number of ether oxygens (including phenoxy) is 3. The Morgan fingerprint density at radius 1 is 0.972 bits per heavy atom. The van der Waals surface area contributed by atoms with Crippen molar-refractivity contribution in [1.29, 1.82) is 0 Å². The number of hydrogen-bond acceptors (Lipinski definition) is 7. The lowest BCUT2D eigenvalue weighted by atomic mass is 9.95. The van der Waals surface area contributed by atoms with Crippen molar-refractivity contribution in [3.05, 3.63) is 83.7 Å². The molecule has 1 fully saturated rings. The summed E-state index contributed by atoms with van der Waals surface area (Å²) < 4.78 is 52.6. The first-order valence-corrected chi connectivity index (χ1v) is 10.7. The molecule has 1 N–H and O–H groups in total. The molecule has 11 heteroatoms. The van der Waals surface area contributed by atoms with E-state index >= 15 is 0 Å². The zero-order valence-corrected chi connectivity index (χ0v) is 18.4. The number of halogens is 3. The molecule has 3 heterocycles. The Labute approximate surface area is 202 Å². The molecule has 2 aliphatic rings. The molecule has 1 saturated heterocycles. The number of anilines is 1. The van der Waals surface area contributed by atoms with E-state index in [0.29, 0.717) is 30.3 Å². The Morgan fingerprint density at radius 2 is 1.64 bits per heavy atom. The minimum atomic E-state index is -4.88. The van der Waals surface area contributed by atoms with Crippen LogP contribution in [0.5, 0.6) is 17.2 Å².